The lowest BCUT2D eigenvalue weighted by atomic mass is 10.1. The van der Waals surface area contributed by atoms with Crippen LogP contribution in [0.2, 0.25) is 0 Å². The van der Waals surface area contributed by atoms with Gasteiger partial charge in [0.15, 0.2) is 0 Å². The molecule has 0 aliphatic heterocycles. The second-order valence-electron chi connectivity index (χ2n) is 3.50. The normalized spacial score (nSPS) is 9.61. The van der Waals surface area contributed by atoms with Gasteiger partial charge < -0.3 is 20.5 Å². The maximum absolute atomic E-state index is 11.2. The van der Waals surface area contributed by atoms with E-state index in [4.69, 9.17) is 9.84 Å². The first-order chi connectivity index (χ1) is 8.63. The zero-order valence-corrected chi connectivity index (χ0v) is 10.1. The van der Waals surface area contributed by atoms with E-state index >= 15 is 0 Å². The third-order valence-electron chi connectivity index (χ3n) is 2.25. The standard InChI is InChI=1S/C12H16N2O4/c1-2-18-12(17)14-8-10-6-4-3-5-9(10)7-13-11(15)16/h3-6,13H,2,7-8H2,1H3,(H,14,17)(H,15,16). The molecule has 3 N–H and O–H groups in total. The molecule has 0 atom stereocenters. The Hall–Kier alpha value is -2.24. The van der Waals surface area contributed by atoms with Crippen LogP contribution in [0.25, 0.3) is 0 Å². The average molecular weight is 252 g/mol. The third kappa shape index (κ3) is 4.73. The summed E-state index contributed by atoms with van der Waals surface area (Å²) in [6, 6.07) is 7.27. The fraction of sp³-hybridized carbons (Fsp3) is 0.333. The molecule has 0 saturated heterocycles. The van der Waals surface area contributed by atoms with Gasteiger partial charge in [0, 0.05) is 13.1 Å². The highest BCUT2D eigenvalue weighted by Gasteiger charge is 2.05. The van der Waals surface area contributed by atoms with Gasteiger partial charge in [0.1, 0.15) is 0 Å². The molecule has 0 aliphatic rings. The summed E-state index contributed by atoms with van der Waals surface area (Å²) in [5, 5.41) is 13.4. The highest BCUT2D eigenvalue weighted by molar-refractivity contribution is 5.67. The van der Waals surface area contributed by atoms with Gasteiger partial charge in [-0.3, -0.25) is 0 Å². The van der Waals surface area contributed by atoms with Gasteiger partial charge in [0.05, 0.1) is 6.61 Å². The van der Waals surface area contributed by atoms with Gasteiger partial charge in [-0.1, -0.05) is 24.3 Å². The Morgan fingerprint density at radius 1 is 1.17 bits per heavy atom. The van der Waals surface area contributed by atoms with Gasteiger partial charge in [-0.2, -0.15) is 0 Å². The van der Waals surface area contributed by atoms with E-state index in [9.17, 15) is 9.59 Å². The second kappa shape index (κ2) is 7.16. The van der Waals surface area contributed by atoms with Crippen LogP contribution in [-0.4, -0.2) is 23.9 Å². The van der Waals surface area contributed by atoms with Crippen molar-refractivity contribution in [1.29, 1.82) is 0 Å². The summed E-state index contributed by atoms with van der Waals surface area (Å²) in [5.74, 6) is 0. The molecule has 18 heavy (non-hydrogen) atoms. The van der Waals surface area contributed by atoms with Crippen LogP contribution >= 0.6 is 0 Å². The van der Waals surface area contributed by atoms with E-state index in [0.717, 1.165) is 11.1 Å². The van der Waals surface area contributed by atoms with Gasteiger partial charge in [0.2, 0.25) is 0 Å². The van der Waals surface area contributed by atoms with Gasteiger partial charge >= 0.3 is 12.2 Å². The molecule has 1 aromatic carbocycles. The molecule has 98 valence electrons. The molecule has 0 fully saturated rings. The summed E-state index contributed by atoms with van der Waals surface area (Å²) < 4.78 is 4.74. The Morgan fingerprint density at radius 3 is 2.22 bits per heavy atom. The van der Waals surface area contributed by atoms with Crippen LogP contribution < -0.4 is 10.6 Å². The molecule has 1 aromatic rings. The lowest BCUT2D eigenvalue weighted by Crippen LogP contribution is -2.25. The lowest BCUT2D eigenvalue weighted by Gasteiger charge is -2.10. The highest BCUT2D eigenvalue weighted by atomic mass is 16.5. The minimum atomic E-state index is -1.08. The van der Waals surface area contributed by atoms with E-state index in [2.05, 4.69) is 10.6 Å². The van der Waals surface area contributed by atoms with E-state index in [1.54, 1.807) is 13.0 Å². The fourth-order valence-corrected chi connectivity index (χ4v) is 1.42. The van der Waals surface area contributed by atoms with E-state index in [1.807, 2.05) is 18.2 Å². The van der Waals surface area contributed by atoms with Crippen molar-refractivity contribution < 1.29 is 19.4 Å². The second-order valence-corrected chi connectivity index (χ2v) is 3.50. The maximum Gasteiger partial charge on any atom is 0.407 e. The minimum absolute atomic E-state index is 0.204. The van der Waals surface area contributed by atoms with Crippen LogP contribution in [0.3, 0.4) is 0 Å². The van der Waals surface area contributed by atoms with Crippen LogP contribution in [0, 0.1) is 0 Å². The van der Waals surface area contributed by atoms with Crippen molar-refractivity contribution in [3.05, 3.63) is 35.4 Å². The van der Waals surface area contributed by atoms with Crippen molar-refractivity contribution in [2.24, 2.45) is 0 Å². The monoisotopic (exact) mass is 252 g/mol. The number of benzene rings is 1. The molecule has 6 nitrogen and oxygen atoms in total. The SMILES string of the molecule is CCOC(=O)NCc1ccccc1CNC(=O)O. The molecule has 0 heterocycles. The number of hydrogen-bond donors (Lipinski definition) is 3. The number of nitrogens with one attached hydrogen (secondary N) is 2. The van der Waals surface area contributed by atoms with Crippen LogP contribution in [0.5, 0.6) is 0 Å². The summed E-state index contributed by atoms with van der Waals surface area (Å²) in [6.45, 7) is 2.55. The predicted molar refractivity (Wildman–Crippen MR) is 65.2 cm³/mol. The van der Waals surface area contributed by atoms with E-state index in [0.29, 0.717) is 13.2 Å². The predicted octanol–water partition coefficient (Wildman–Crippen LogP) is 1.70. The number of alkyl carbamates (subject to hydrolysis) is 1. The van der Waals surface area contributed by atoms with Crippen LogP contribution in [0.15, 0.2) is 24.3 Å². The van der Waals surface area contributed by atoms with Gasteiger partial charge in [0.25, 0.3) is 0 Å². The van der Waals surface area contributed by atoms with Crippen molar-refractivity contribution in [3.8, 4) is 0 Å². The molecule has 0 saturated carbocycles. The smallest absolute Gasteiger partial charge is 0.407 e. The molecule has 2 amide bonds. The van der Waals surface area contributed by atoms with Gasteiger partial charge in [-0.05, 0) is 18.1 Å². The summed E-state index contributed by atoms with van der Waals surface area (Å²) >= 11 is 0. The summed E-state index contributed by atoms with van der Waals surface area (Å²) in [4.78, 5) is 21.6. The summed E-state index contributed by atoms with van der Waals surface area (Å²) in [7, 11) is 0. The number of carbonyl (C=O) groups is 2. The molecule has 6 heteroatoms. The molecule has 0 unspecified atom stereocenters. The number of carbonyl (C=O) groups excluding carboxylic acids is 1. The first kappa shape index (κ1) is 13.8. The third-order valence-corrected chi connectivity index (χ3v) is 2.25. The first-order valence-corrected chi connectivity index (χ1v) is 5.57. The summed E-state index contributed by atoms with van der Waals surface area (Å²) in [5.41, 5.74) is 1.66. The Bertz CT molecular complexity index is 420. The molecule has 0 radical (unpaired) electrons. The number of ether oxygens (including phenoxy) is 1. The van der Waals surface area contributed by atoms with Crippen molar-refractivity contribution in [2.75, 3.05) is 6.61 Å². The van der Waals surface area contributed by atoms with Gasteiger partial charge in [-0.25, -0.2) is 9.59 Å². The Balaban J connectivity index is 2.58. The lowest BCUT2D eigenvalue weighted by molar-refractivity contribution is 0.151. The number of rotatable bonds is 5. The van der Waals surface area contributed by atoms with Gasteiger partial charge in [-0.15, -0.1) is 0 Å². The van der Waals surface area contributed by atoms with E-state index < -0.39 is 12.2 Å². The highest BCUT2D eigenvalue weighted by Crippen LogP contribution is 2.08. The zero-order chi connectivity index (χ0) is 13.4. The molecule has 0 aromatic heterocycles. The fourth-order valence-electron chi connectivity index (χ4n) is 1.42. The topological polar surface area (TPSA) is 87.7 Å². The Labute approximate surface area is 105 Å². The van der Waals surface area contributed by atoms with Crippen molar-refractivity contribution in [2.45, 2.75) is 20.0 Å². The van der Waals surface area contributed by atoms with E-state index in [1.165, 1.54) is 0 Å². The number of amides is 2. The molecule has 0 aliphatic carbocycles. The number of carboxylic acid groups (broad SMARTS) is 1. The Morgan fingerprint density at radius 2 is 1.72 bits per heavy atom. The van der Waals surface area contributed by atoms with Crippen LogP contribution in [-0.2, 0) is 17.8 Å². The molecular weight excluding hydrogens is 236 g/mol. The van der Waals surface area contributed by atoms with E-state index in [-0.39, 0.29) is 6.54 Å². The molecule has 0 bridgehead atoms. The first-order valence-electron chi connectivity index (χ1n) is 5.57. The van der Waals surface area contributed by atoms with Crippen molar-refractivity contribution >= 4 is 12.2 Å². The maximum atomic E-state index is 11.2. The Kier molecular flexibility index (Phi) is 5.50. The number of hydrogen-bond acceptors (Lipinski definition) is 3. The quantitative estimate of drug-likeness (QED) is 0.744. The molecule has 0 spiro atoms. The molecule has 1 rings (SSSR count). The van der Waals surface area contributed by atoms with Crippen LogP contribution in [0.4, 0.5) is 9.59 Å². The van der Waals surface area contributed by atoms with Crippen LogP contribution in [0.1, 0.15) is 18.1 Å². The molecular formula is C12H16N2O4. The minimum Gasteiger partial charge on any atom is -0.465 e. The van der Waals surface area contributed by atoms with Crippen molar-refractivity contribution in [1.82, 2.24) is 10.6 Å². The average Bonchev–Trinajstić information content (AvgIpc) is 2.35. The van der Waals surface area contributed by atoms with Crippen molar-refractivity contribution in [3.63, 3.8) is 0 Å². The largest absolute Gasteiger partial charge is 0.465 e. The zero-order valence-electron chi connectivity index (χ0n) is 10.1. The summed E-state index contributed by atoms with van der Waals surface area (Å²) in [6.07, 6.45) is -1.57.